The molecule has 0 fully saturated rings. The first-order valence-corrected chi connectivity index (χ1v) is 7.23. The van der Waals surface area contributed by atoms with Crippen LogP contribution in [0.25, 0.3) is 0 Å². The highest BCUT2D eigenvalue weighted by molar-refractivity contribution is 6.33. The topological polar surface area (TPSA) is 55.9 Å². The monoisotopic (exact) mass is 312 g/mol. The van der Waals surface area contributed by atoms with Gasteiger partial charge in [-0.25, -0.2) is 0 Å². The highest BCUT2D eigenvalue weighted by Crippen LogP contribution is 2.26. The number of hydrogen-bond acceptors (Lipinski definition) is 3. The molecule has 0 aliphatic carbocycles. The lowest BCUT2D eigenvalue weighted by atomic mass is 10.0. The van der Waals surface area contributed by atoms with Crippen molar-refractivity contribution < 1.29 is 0 Å². The molecule has 1 aromatic carbocycles. The number of hydrogen-bond donors (Lipinski definition) is 2. The highest BCUT2D eigenvalue weighted by atomic mass is 35.5. The van der Waals surface area contributed by atoms with Crippen LogP contribution < -0.4 is 11.3 Å². The molecule has 2 rings (SSSR count). The lowest BCUT2D eigenvalue weighted by Gasteiger charge is -2.17. The van der Waals surface area contributed by atoms with Gasteiger partial charge in [-0.3, -0.25) is 16.0 Å². The van der Waals surface area contributed by atoms with Crippen molar-refractivity contribution in [2.24, 2.45) is 12.9 Å². The molecule has 0 aliphatic heterocycles. The van der Waals surface area contributed by atoms with Crippen molar-refractivity contribution in [3.05, 3.63) is 51.3 Å². The maximum absolute atomic E-state index is 6.21. The van der Waals surface area contributed by atoms with E-state index in [-0.39, 0.29) is 6.04 Å². The lowest BCUT2D eigenvalue weighted by molar-refractivity contribution is 0.508. The first-order valence-electron chi connectivity index (χ1n) is 6.48. The van der Waals surface area contributed by atoms with Crippen LogP contribution >= 0.6 is 23.2 Å². The van der Waals surface area contributed by atoms with Crippen molar-refractivity contribution in [3.63, 3.8) is 0 Å². The Morgan fingerprint density at radius 1 is 1.35 bits per heavy atom. The molecule has 1 heterocycles. The third kappa shape index (κ3) is 3.33. The van der Waals surface area contributed by atoms with E-state index in [9.17, 15) is 0 Å². The quantitative estimate of drug-likeness (QED) is 0.659. The second-order valence-corrected chi connectivity index (χ2v) is 5.54. The van der Waals surface area contributed by atoms with Gasteiger partial charge in [0.1, 0.15) is 0 Å². The molecular formula is C14H18Cl2N4. The van der Waals surface area contributed by atoms with Gasteiger partial charge in [0.05, 0.1) is 17.4 Å². The number of nitrogens with one attached hydrogen (secondary N) is 1. The highest BCUT2D eigenvalue weighted by Gasteiger charge is 2.17. The summed E-state index contributed by atoms with van der Waals surface area (Å²) >= 11 is 12.2. The molecule has 0 aliphatic rings. The van der Waals surface area contributed by atoms with E-state index in [1.54, 1.807) is 12.1 Å². The summed E-state index contributed by atoms with van der Waals surface area (Å²) in [6, 6.07) is 7.43. The fourth-order valence-corrected chi connectivity index (χ4v) is 2.60. The Balaban J connectivity index is 2.28. The van der Waals surface area contributed by atoms with E-state index in [4.69, 9.17) is 29.0 Å². The van der Waals surface area contributed by atoms with Gasteiger partial charge in [0.25, 0.3) is 0 Å². The summed E-state index contributed by atoms with van der Waals surface area (Å²) in [5.74, 6) is 5.69. The SMILES string of the molecule is CCc1cc(C(Cc2cc(Cl)ccc2Cl)NN)n(C)n1. The van der Waals surface area contributed by atoms with Crippen LogP contribution in [0, 0.1) is 0 Å². The predicted octanol–water partition coefficient (Wildman–Crippen LogP) is 3.04. The number of nitrogens with two attached hydrogens (primary N) is 1. The fraction of sp³-hybridized carbons (Fsp3) is 0.357. The summed E-state index contributed by atoms with van der Waals surface area (Å²) < 4.78 is 1.85. The van der Waals surface area contributed by atoms with Gasteiger partial charge in [-0.05, 0) is 42.7 Å². The summed E-state index contributed by atoms with van der Waals surface area (Å²) in [4.78, 5) is 0. The third-order valence-corrected chi connectivity index (χ3v) is 3.92. The van der Waals surface area contributed by atoms with E-state index < -0.39 is 0 Å². The third-order valence-electron chi connectivity index (χ3n) is 3.32. The largest absolute Gasteiger partial charge is 0.271 e. The molecular weight excluding hydrogens is 295 g/mol. The predicted molar refractivity (Wildman–Crippen MR) is 82.8 cm³/mol. The van der Waals surface area contributed by atoms with Crippen molar-refractivity contribution in [3.8, 4) is 0 Å². The molecule has 1 unspecified atom stereocenters. The summed E-state index contributed by atoms with van der Waals surface area (Å²) in [7, 11) is 1.92. The maximum atomic E-state index is 6.21. The van der Waals surface area contributed by atoms with Crippen LogP contribution in [0.1, 0.15) is 29.9 Å². The molecule has 1 atom stereocenters. The van der Waals surface area contributed by atoms with Gasteiger partial charge in [-0.15, -0.1) is 0 Å². The van der Waals surface area contributed by atoms with Gasteiger partial charge in [-0.1, -0.05) is 30.1 Å². The van der Waals surface area contributed by atoms with Crippen LogP contribution in [-0.4, -0.2) is 9.78 Å². The Hall–Kier alpha value is -1.07. The van der Waals surface area contributed by atoms with Crippen LogP contribution in [0.3, 0.4) is 0 Å². The number of benzene rings is 1. The molecule has 0 bridgehead atoms. The van der Waals surface area contributed by atoms with Crippen molar-refractivity contribution >= 4 is 23.2 Å². The fourth-order valence-electron chi connectivity index (χ4n) is 2.21. The van der Waals surface area contributed by atoms with Crippen molar-refractivity contribution in [2.45, 2.75) is 25.8 Å². The summed E-state index contributed by atoms with van der Waals surface area (Å²) in [5.41, 5.74) is 5.86. The first-order chi connectivity index (χ1) is 9.55. The number of aromatic nitrogens is 2. The zero-order valence-corrected chi connectivity index (χ0v) is 13.0. The molecule has 108 valence electrons. The second-order valence-electron chi connectivity index (χ2n) is 4.70. The van der Waals surface area contributed by atoms with Crippen LogP contribution in [0.5, 0.6) is 0 Å². The van der Waals surface area contributed by atoms with Crippen LogP contribution in [0.4, 0.5) is 0 Å². The van der Waals surface area contributed by atoms with Crippen LogP contribution in [-0.2, 0) is 19.9 Å². The average molecular weight is 313 g/mol. The molecule has 20 heavy (non-hydrogen) atoms. The Morgan fingerprint density at radius 3 is 2.70 bits per heavy atom. The Kier molecular flexibility index (Phi) is 5.05. The summed E-state index contributed by atoms with van der Waals surface area (Å²) in [5, 5.41) is 5.80. The van der Waals surface area contributed by atoms with Gasteiger partial charge in [0.15, 0.2) is 0 Å². The Bertz CT molecular complexity index is 595. The summed E-state index contributed by atoms with van der Waals surface area (Å²) in [6.45, 7) is 2.07. The molecule has 0 spiro atoms. The maximum Gasteiger partial charge on any atom is 0.0669 e. The molecule has 4 nitrogen and oxygen atoms in total. The zero-order valence-electron chi connectivity index (χ0n) is 11.5. The minimum Gasteiger partial charge on any atom is -0.271 e. The van der Waals surface area contributed by atoms with Crippen LogP contribution in [0.2, 0.25) is 10.0 Å². The molecule has 0 radical (unpaired) electrons. The van der Waals surface area contributed by atoms with E-state index in [0.29, 0.717) is 16.5 Å². The number of nitrogens with zero attached hydrogens (tertiary/aromatic N) is 2. The van der Waals surface area contributed by atoms with E-state index in [1.165, 1.54) is 0 Å². The minimum atomic E-state index is -0.0660. The van der Waals surface area contributed by atoms with Gasteiger partial charge < -0.3 is 0 Å². The first kappa shape index (κ1) is 15.3. The Labute approximate surface area is 128 Å². The smallest absolute Gasteiger partial charge is 0.0669 e. The van der Waals surface area contributed by atoms with Crippen molar-refractivity contribution in [1.29, 1.82) is 0 Å². The standard InChI is InChI=1S/C14H18Cl2N4/c1-3-11-8-14(20(2)19-11)13(18-17)7-9-6-10(15)4-5-12(9)16/h4-6,8,13,18H,3,7,17H2,1-2H3. The second kappa shape index (κ2) is 6.59. The molecule has 6 heteroatoms. The number of halogens is 2. The Morgan fingerprint density at radius 2 is 2.10 bits per heavy atom. The molecule has 0 amide bonds. The number of aryl methyl sites for hydroxylation is 2. The summed E-state index contributed by atoms with van der Waals surface area (Å²) in [6.07, 6.45) is 1.54. The molecule has 0 saturated heterocycles. The molecule has 0 saturated carbocycles. The van der Waals surface area contributed by atoms with E-state index in [0.717, 1.165) is 23.4 Å². The van der Waals surface area contributed by atoms with Gasteiger partial charge in [0, 0.05) is 17.1 Å². The van der Waals surface area contributed by atoms with E-state index >= 15 is 0 Å². The minimum absolute atomic E-state index is 0.0660. The number of hydrazine groups is 1. The van der Waals surface area contributed by atoms with Gasteiger partial charge in [0.2, 0.25) is 0 Å². The van der Waals surface area contributed by atoms with E-state index in [2.05, 4.69) is 23.5 Å². The molecule has 1 aromatic heterocycles. The number of rotatable bonds is 5. The zero-order chi connectivity index (χ0) is 14.7. The van der Waals surface area contributed by atoms with Gasteiger partial charge >= 0.3 is 0 Å². The molecule has 2 aromatic rings. The van der Waals surface area contributed by atoms with Crippen molar-refractivity contribution in [1.82, 2.24) is 15.2 Å². The molecule has 3 N–H and O–H groups in total. The van der Waals surface area contributed by atoms with Crippen LogP contribution in [0.15, 0.2) is 24.3 Å². The lowest BCUT2D eigenvalue weighted by Crippen LogP contribution is -2.31. The average Bonchev–Trinajstić information content (AvgIpc) is 2.81. The van der Waals surface area contributed by atoms with Crippen molar-refractivity contribution in [2.75, 3.05) is 0 Å². The van der Waals surface area contributed by atoms with Gasteiger partial charge in [-0.2, -0.15) is 5.10 Å². The normalized spacial score (nSPS) is 12.7. The van der Waals surface area contributed by atoms with E-state index in [1.807, 2.05) is 17.8 Å².